The zero-order chi connectivity index (χ0) is 25.6. The second-order valence-corrected chi connectivity index (χ2v) is 9.26. The topological polar surface area (TPSA) is 88.5 Å². The van der Waals surface area contributed by atoms with E-state index in [1.165, 1.54) is 17.7 Å². The van der Waals surface area contributed by atoms with Crippen molar-refractivity contribution in [1.29, 1.82) is 0 Å². The van der Waals surface area contributed by atoms with Crippen LogP contribution in [0, 0.1) is 5.82 Å². The number of aryl methyl sites for hydroxylation is 3. The zero-order valence-electron chi connectivity index (χ0n) is 20.7. The smallest absolute Gasteiger partial charge is 0.261 e. The minimum Gasteiger partial charge on any atom is -0.369 e. The Balaban J connectivity index is 1.47. The molecule has 0 atom stereocenters. The van der Waals surface area contributed by atoms with E-state index in [0.717, 1.165) is 44.0 Å². The van der Waals surface area contributed by atoms with Crippen LogP contribution in [0.5, 0.6) is 0 Å². The Bertz CT molecular complexity index is 1440. The van der Waals surface area contributed by atoms with Crippen LogP contribution in [-0.4, -0.2) is 46.6 Å². The quantitative estimate of drug-likeness (QED) is 0.301. The molecule has 37 heavy (non-hydrogen) atoms. The fourth-order valence-corrected chi connectivity index (χ4v) is 4.64. The number of aromatic nitrogens is 2. The molecule has 1 aromatic heterocycles. The van der Waals surface area contributed by atoms with Crippen molar-refractivity contribution in [3.8, 4) is 0 Å². The Morgan fingerprint density at radius 2 is 1.68 bits per heavy atom. The predicted octanol–water partition coefficient (Wildman–Crippen LogP) is 3.41. The van der Waals surface area contributed by atoms with Gasteiger partial charge in [-0.15, -0.1) is 0 Å². The molecule has 0 radical (unpaired) electrons. The van der Waals surface area contributed by atoms with E-state index in [-0.39, 0.29) is 11.4 Å². The first-order chi connectivity index (χ1) is 18.1. The summed E-state index contributed by atoms with van der Waals surface area (Å²) in [6.45, 7) is 3.83. The van der Waals surface area contributed by atoms with Gasteiger partial charge in [0, 0.05) is 39.1 Å². The van der Waals surface area contributed by atoms with E-state index in [0.29, 0.717) is 41.9 Å². The molecule has 0 spiro atoms. The van der Waals surface area contributed by atoms with Gasteiger partial charge in [0.2, 0.25) is 0 Å². The van der Waals surface area contributed by atoms with E-state index >= 15 is 0 Å². The van der Waals surface area contributed by atoms with E-state index < -0.39 is 0 Å². The number of fused-ring (bicyclic) bond motifs is 1. The summed E-state index contributed by atoms with van der Waals surface area (Å²) in [5.41, 5.74) is 9.62. The fraction of sp³-hybridized carbons (Fsp3) is 0.276. The highest BCUT2D eigenvalue weighted by atomic mass is 19.1. The highest BCUT2D eigenvalue weighted by molar-refractivity contribution is 5.85. The van der Waals surface area contributed by atoms with Crippen LogP contribution in [0.25, 0.3) is 10.9 Å². The maximum atomic E-state index is 13.6. The van der Waals surface area contributed by atoms with E-state index in [9.17, 15) is 9.18 Å². The molecular formula is C29H31FN6O. The Hall–Kier alpha value is -4.04. The lowest BCUT2D eigenvalue weighted by Gasteiger charge is -2.28. The predicted molar refractivity (Wildman–Crippen MR) is 146 cm³/mol. The van der Waals surface area contributed by atoms with E-state index in [1.807, 2.05) is 35.2 Å². The Morgan fingerprint density at radius 3 is 2.43 bits per heavy atom. The van der Waals surface area contributed by atoms with Crippen molar-refractivity contribution < 1.29 is 4.39 Å². The minimum absolute atomic E-state index is 0.0826. The van der Waals surface area contributed by atoms with Gasteiger partial charge in [-0.25, -0.2) is 14.4 Å². The molecule has 0 saturated carbocycles. The lowest BCUT2D eigenvalue weighted by Crippen LogP contribution is -2.49. The minimum atomic E-state index is -0.270. The summed E-state index contributed by atoms with van der Waals surface area (Å²) >= 11 is 0. The molecule has 0 unspecified atom stereocenters. The highest BCUT2D eigenvalue weighted by Crippen LogP contribution is 2.20. The number of benzene rings is 3. The van der Waals surface area contributed by atoms with Crippen LogP contribution in [0.1, 0.15) is 17.0 Å². The lowest BCUT2D eigenvalue weighted by molar-refractivity contribution is 0.354. The summed E-state index contributed by atoms with van der Waals surface area (Å²) in [5.74, 6) is 0.922. The van der Waals surface area contributed by atoms with Gasteiger partial charge in [-0.05, 0) is 54.3 Å². The number of rotatable bonds is 7. The summed E-state index contributed by atoms with van der Waals surface area (Å²) < 4.78 is 15.1. The summed E-state index contributed by atoms with van der Waals surface area (Å²) in [5, 5.41) is 3.85. The average molecular weight is 499 g/mol. The van der Waals surface area contributed by atoms with Crippen LogP contribution >= 0.6 is 0 Å². The van der Waals surface area contributed by atoms with Crippen LogP contribution in [0.4, 0.5) is 10.1 Å². The largest absolute Gasteiger partial charge is 0.369 e. The number of piperazine rings is 1. The molecule has 1 aliphatic heterocycles. The van der Waals surface area contributed by atoms with Gasteiger partial charge in [-0.2, -0.15) is 0 Å². The SMILES string of the molecule is NC(=Nc1ccc2c(=O)n(CCc3ccc(F)cc3)c(CCc3ccccc3)nc2c1)N1CCNCC1. The van der Waals surface area contributed by atoms with E-state index in [4.69, 9.17) is 10.7 Å². The van der Waals surface area contributed by atoms with Crippen LogP contribution in [0.15, 0.2) is 82.6 Å². The standard InChI is InChI=1S/C29H31FN6O/c30-23-9-6-22(7-10-23)14-17-36-27(13-8-21-4-2-1-3-5-21)34-26-20-24(11-12-25(26)28(36)37)33-29(31)35-18-15-32-16-19-35/h1-7,9-12,20,32H,8,13-19H2,(H2,31,33). The molecule has 2 heterocycles. The number of hydrogen-bond acceptors (Lipinski definition) is 4. The second-order valence-electron chi connectivity index (χ2n) is 9.26. The molecule has 190 valence electrons. The van der Waals surface area contributed by atoms with Crippen LogP contribution in [-0.2, 0) is 25.8 Å². The summed E-state index contributed by atoms with van der Waals surface area (Å²) in [6, 6.07) is 22.0. The highest BCUT2D eigenvalue weighted by Gasteiger charge is 2.14. The van der Waals surface area contributed by atoms with Gasteiger partial charge in [0.15, 0.2) is 5.96 Å². The van der Waals surface area contributed by atoms with Crippen molar-refractivity contribution in [1.82, 2.24) is 19.8 Å². The van der Waals surface area contributed by atoms with E-state index in [1.54, 1.807) is 22.8 Å². The molecule has 7 nitrogen and oxygen atoms in total. The molecule has 1 fully saturated rings. The normalized spacial score (nSPS) is 14.3. The number of halogens is 1. The Labute approximate surface area is 215 Å². The van der Waals surface area contributed by atoms with Gasteiger partial charge < -0.3 is 16.0 Å². The van der Waals surface area contributed by atoms with Gasteiger partial charge in [0.1, 0.15) is 11.6 Å². The molecule has 1 saturated heterocycles. The third-order valence-electron chi connectivity index (χ3n) is 6.72. The first kappa shape index (κ1) is 24.6. The number of nitrogens with zero attached hydrogens (tertiary/aromatic N) is 4. The van der Waals surface area contributed by atoms with Crippen molar-refractivity contribution in [2.75, 3.05) is 26.2 Å². The molecule has 5 rings (SSSR count). The van der Waals surface area contributed by atoms with Crippen LogP contribution < -0.4 is 16.6 Å². The molecule has 0 aliphatic carbocycles. The number of guanidine groups is 1. The van der Waals surface area contributed by atoms with Crippen molar-refractivity contribution >= 4 is 22.5 Å². The fourth-order valence-electron chi connectivity index (χ4n) is 4.64. The van der Waals surface area contributed by atoms with Crippen molar-refractivity contribution in [2.24, 2.45) is 10.7 Å². The van der Waals surface area contributed by atoms with Gasteiger partial charge in [-0.3, -0.25) is 9.36 Å². The molecule has 3 aromatic carbocycles. The zero-order valence-corrected chi connectivity index (χ0v) is 20.7. The third-order valence-corrected chi connectivity index (χ3v) is 6.72. The number of nitrogens with one attached hydrogen (secondary N) is 1. The molecule has 0 bridgehead atoms. The van der Waals surface area contributed by atoms with Crippen LogP contribution in [0.3, 0.4) is 0 Å². The molecule has 8 heteroatoms. The third kappa shape index (κ3) is 6.03. The first-order valence-corrected chi connectivity index (χ1v) is 12.7. The van der Waals surface area contributed by atoms with Crippen molar-refractivity contribution in [3.05, 3.63) is 106 Å². The first-order valence-electron chi connectivity index (χ1n) is 12.7. The summed E-state index contributed by atoms with van der Waals surface area (Å²) in [6.07, 6.45) is 1.99. The molecule has 0 amide bonds. The lowest BCUT2D eigenvalue weighted by atomic mass is 10.1. The van der Waals surface area contributed by atoms with Gasteiger partial charge in [0.25, 0.3) is 5.56 Å². The summed E-state index contributed by atoms with van der Waals surface area (Å²) in [7, 11) is 0. The number of hydrogen-bond donors (Lipinski definition) is 2. The van der Waals surface area contributed by atoms with Gasteiger partial charge >= 0.3 is 0 Å². The molecule has 1 aliphatic rings. The van der Waals surface area contributed by atoms with Crippen molar-refractivity contribution in [2.45, 2.75) is 25.8 Å². The monoisotopic (exact) mass is 498 g/mol. The Morgan fingerprint density at radius 1 is 0.946 bits per heavy atom. The number of nitrogens with two attached hydrogens (primary N) is 1. The molecule has 3 N–H and O–H groups in total. The van der Waals surface area contributed by atoms with E-state index in [2.05, 4.69) is 22.4 Å². The van der Waals surface area contributed by atoms with Crippen molar-refractivity contribution in [3.63, 3.8) is 0 Å². The average Bonchev–Trinajstić information content (AvgIpc) is 2.93. The maximum Gasteiger partial charge on any atom is 0.261 e. The number of aliphatic imine (C=N–C) groups is 1. The van der Waals surface area contributed by atoms with Crippen LogP contribution in [0.2, 0.25) is 0 Å². The molecule has 4 aromatic rings. The molecular weight excluding hydrogens is 467 g/mol. The Kier molecular flexibility index (Phi) is 7.56. The maximum absolute atomic E-state index is 13.6. The van der Waals surface area contributed by atoms with Gasteiger partial charge in [-0.1, -0.05) is 42.5 Å². The summed E-state index contributed by atoms with van der Waals surface area (Å²) in [4.78, 5) is 25.2. The second kappa shape index (κ2) is 11.3. The van der Waals surface area contributed by atoms with Gasteiger partial charge in [0.05, 0.1) is 16.6 Å².